The van der Waals surface area contributed by atoms with Gasteiger partial charge in [0, 0.05) is 44.8 Å². The lowest BCUT2D eigenvalue weighted by atomic mass is 9.66. The first kappa shape index (κ1) is 39.6. The Labute approximate surface area is 290 Å². The van der Waals surface area contributed by atoms with Gasteiger partial charge in [0.1, 0.15) is 24.4 Å². The molecule has 0 spiro atoms. The lowest BCUT2D eigenvalue weighted by Crippen LogP contribution is -2.62. The molecule has 278 valence electrons. The first-order valence-electron chi connectivity index (χ1n) is 17.5. The summed E-state index contributed by atoms with van der Waals surface area (Å²) in [5.74, 6) is -1.83. The highest BCUT2D eigenvalue weighted by molar-refractivity contribution is 5.66. The summed E-state index contributed by atoms with van der Waals surface area (Å²) < 4.78 is 35.3. The molecule has 1 heterocycles. The Balaban J connectivity index is 1.84. The second-order valence-corrected chi connectivity index (χ2v) is 15.1. The number of carbonyl (C=O) groups is 2. The second kappa shape index (κ2) is 16.0. The lowest BCUT2D eigenvalue weighted by molar-refractivity contribution is -0.320. The minimum absolute atomic E-state index is 0.0107. The lowest BCUT2D eigenvalue weighted by Gasteiger charge is -2.47. The summed E-state index contributed by atoms with van der Waals surface area (Å²) >= 11 is 0. The first-order chi connectivity index (χ1) is 23.0. The monoisotopic (exact) mass is 694 g/mol. The third-order valence-corrected chi connectivity index (χ3v) is 11.3. The van der Waals surface area contributed by atoms with Crippen molar-refractivity contribution >= 4 is 11.9 Å². The van der Waals surface area contributed by atoms with Crippen molar-refractivity contribution in [3.8, 4) is 0 Å². The Morgan fingerprint density at radius 1 is 1.12 bits per heavy atom. The molecular weight excluding hydrogens is 636 g/mol. The van der Waals surface area contributed by atoms with Crippen molar-refractivity contribution in [2.24, 2.45) is 35.0 Å². The highest BCUT2D eigenvalue weighted by atomic mass is 16.7. The summed E-state index contributed by atoms with van der Waals surface area (Å²) in [6.45, 7) is 16.2. The van der Waals surface area contributed by atoms with Crippen LogP contribution in [0.25, 0.3) is 0 Å². The molecule has 2 fully saturated rings. The molecule has 4 rings (SSSR count). The number of esters is 2. The van der Waals surface area contributed by atoms with Crippen LogP contribution in [0.1, 0.15) is 67.7 Å². The van der Waals surface area contributed by atoms with E-state index in [4.69, 9.17) is 28.4 Å². The van der Waals surface area contributed by atoms with Crippen LogP contribution in [0.4, 0.5) is 0 Å². The number of aliphatic hydroxyl groups is 4. The fourth-order valence-corrected chi connectivity index (χ4v) is 8.25. The summed E-state index contributed by atoms with van der Waals surface area (Å²) in [5.41, 5.74) is 1.23. The van der Waals surface area contributed by atoms with Crippen LogP contribution < -0.4 is 0 Å². The Hall–Kier alpha value is -2.16. The molecule has 49 heavy (non-hydrogen) atoms. The van der Waals surface area contributed by atoms with E-state index in [-0.39, 0.29) is 49.4 Å². The van der Waals surface area contributed by atoms with Crippen molar-refractivity contribution in [2.45, 2.75) is 116 Å². The van der Waals surface area contributed by atoms with Crippen molar-refractivity contribution in [1.82, 2.24) is 0 Å². The topological polar surface area (TPSA) is 170 Å². The summed E-state index contributed by atoms with van der Waals surface area (Å²) in [6, 6.07) is 0. The van der Waals surface area contributed by atoms with Gasteiger partial charge in [-0.15, -0.1) is 6.58 Å². The van der Waals surface area contributed by atoms with E-state index in [1.165, 1.54) is 19.4 Å². The molecule has 3 aliphatic carbocycles. The quantitative estimate of drug-likeness (QED) is 0.165. The Bertz CT molecular complexity index is 1260. The van der Waals surface area contributed by atoms with Crippen LogP contribution in [0.3, 0.4) is 0 Å². The van der Waals surface area contributed by atoms with Crippen molar-refractivity contribution in [3.05, 3.63) is 35.5 Å². The molecule has 0 amide bonds. The number of methoxy groups -OCH3 is 1. The number of allylic oxidation sites excluding steroid dienone is 1. The van der Waals surface area contributed by atoms with E-state index in [0.717, 1.165) is 24.0 Å². The third-order valence-electron chi connectivity index (χ3n) is 11.3. The maximum Gasteiger partial charge on any atom is 0.303 e. The number of rotatable bonds is 13. The molecule has 0 aromatic rings. The van der Waals surface area contributed by atoms with Crippen LogP contribution in [0.2, 0.25) is 0 Å². The van der Waals surface area contributed by atoms with Crippen LogP contribution in [-0.4, -0.2) is 114 Å². The van der Waals surface area contributed by atoms with Crippen molar-refractivity contribution in [2.75, 3.05) is 33.5 Å². The minimum Gasteiger partial charge on any atom is -0.465 e. The number of ether oxygens (including phenoxy) is 6. The predicted octanol–water partition coefficient (Wildman–Crippen LogP) is 2.86. The number of aliphatic hydroxyl groups excluding tert-OH is 4. The van der Waals surface area contributed by atoms with Crippen molar-refractivity contribution < 1.29 is 58.4 Å². The number of hydrogen-bond donors (Lipinski definition) is 4. The number of hydrogen-bond acceptors (Lipinski definition) is 12. The molecule has 13 atom stereocenters. The van der Waals surface area contributed by atoms with Gasteiger partial charge in [0.05, 0.1) is 31.5 Å². The Morgan fingerprint density at radius 3 is 2.41 bits per heavy atom. The van der Waals surface area contributed by atoms with Gasteiger partial charge in [0.2, 0.25) is 0 Å². The van der Waals surface area contributed by atoms with Gasteiger partial charge in [-0.2, -0.15) is 0 Å². The number of fused-ring (bicyclic) bond motifs is 2. The van der Waals surface area contributed by atoms with Gasteiger partial charge in [-0.3, -0.25) is 9.59 Å². The Kier molecular flexibility index (Phi) is 13.0. The van der Waals surface area contributed by atoms with Crippen LogP contribution in [0.15, 0.2) is 35.5 Å². The van der Waals surface area contributed by atoms with E-state index >= 15 is 0 Å². The fourth-order valence-electron chi connectivity index (χ4n) is 8.25. The molecule has 0 aromatic heterocycles. The zero-order valence-electron chi connectivity index (χ0n) is 30.3. The predicted molar refractivity (Wildman–Crippen MR) is 179 cm³/mol. The molecule has 1 saturated heterocycles. The molecule has 3 unspecified atom stereocenters. The average Bonchev–Trinajstić information content (AvgIpc) is 3.56. The standard InChI is InChI=1S/C37H58O12/c1-10-36(6,7)46-18-28-31(42)34(47-22(5)40)32(43)35(48-28)49-33-29-26(19(2)16-45-21(4)39)13-24(15-38)37(29,8)14-27-23(17-44-9)11-12-25(27)20(3)30(33)41/h10,14,19-20,23-25,28,30-35,38,41-43H,1,11-13,15-18H2,2-9H3/b27-14-/t19-,20-,23-,24-,25+,28-,30-,31?,32?,33-,34?,35-,37+/m1/s1. The first-order valence-corrected chi connectivity index (χ1v) is 17.5. The van der Waals surface area contributed by atoms with Crippen LogP contribution in [0, 0.1) is 35.0 Å². The normalized spacial score (nSPS) is 39.6. The molecule has 4 aliphatic rings. The molecule has 0 aromatic carbocycles. The fraction of sp³-hybridized carbons (Fsp3) is 0.784. The number of carbonyl (C=O) groups excluding carboxylic acids is 2. The smallest absolute Gasteiger partial charge is 0.303 e. The Morgan fingerprint density at radius 2 is 1.82 bits per heavy atom. The highest BCUT2D eigenvalue weighted by Crippen LogP contribution is 2.58. The largest absolute Gasteiger partial charge is 0.465 e. The molecule has 0 bridgehead atoms. The van der Waals surface area contributed by atoms with Crippen LogP contribution in [0.5, 0.6) is 0 Å². The van der Waals surface area contributed by atoms with Gasteiger partial charge in [-0.05, 0) is 56.4 Å². The van der Waals surface area contributed by atoms with E-state index < -0.39 is 65.9 Å². The molecule has 1 aliphatic heterocycles. The summed E-state index contributed by atoms with van der Waals surface area (Å²) in [5, 5.41) is 45.9. The molecular formula is C37H58O12. The molecule has 12 nitrogen and oxygen atoms in total. The van der Waals surface area contributed by atoms with Crippen molar-refractivity contribution in [1.29, 1.82) is 0 Å². The summed E-state index contributed by atoms with van der Waals surface area (Å²) in [4.78, 5) is 24.0. The molecule has 4 N–H and O–H groups in total. The molecule has 0 radical (unpaired) electrons. The van der Waals surface area contributed by atoms with E-state index in [1.54, 1.807) is 27.0 Å². The van der Waals surface area contributed by atoms with Gasteiger partial charge >= 0.3 is 11.9 Å². The summed E-state index contributed by atoms with van der Waals surface area (Å²) in [7, 11) is 1.68. The third kappa shape index (κ3) is 8.33. The van der Waals surface area contributed by atoms with Crippen molar-refractivity contribution in [3.63, 3.8) is 0 Å². The zero-order valence-corrected chi connectivity index (χ0v) is 30.3. The second-order valence-electron chi connectivity index (χ2n) is 15.1. The van der Waals surface area contributed by atoms with Crippen LogP contribution in [-0.2, 0) is 38.0 Å². The zero-order chi connectivity index (χ0) is 36.4. The van der Waals surface area contributed by atoms with E-state index in [1.807, 2.05) is 20.8 Å². The van der Waals surface area contributed by atoms with Gasteiger partial charge in [0.25, 0.3) is 0 Å². The van der Waals surface area contributed by atoms with Gasteiger partial charge < -0.3 is 48.8 Å². The SMILES string of the molecule is C=CC(C)(C)OC[C@H]1O[C@H](O[C@@H]2C3=C([C@H](C)COC(C)=O)C[C@H](CO)[C@]3(C)/C=C3/[C@@H](COC)CC[C@H]3[C@@H](C)[C@H]2O)C(O)C(OC(C)=O)C1O. The molecule has 12 heteroatoms. The summed E-state index contributed by atoms with van der Waals surface area (Å²) in [6.07, 6.45) is -3.13. The van der Waals surface area contributed by atoms with Gasteiger partial charge in [0.15, 0.2) is 12.4 Å². The van der Waals surface area contributed by atoms with Crippen LogP contribution >= 0.6 is 0 Å². The minimum atomic E-state index is -1.62. The maximum absolute atomic E-state index is 12.4. The van der Waals surface area contributed by atoms with E-state index in [0.29, 0.717) is 13.0 Å². The van der Waals surface area contributed by atoms with E-state index in [9.17, 15) is 30.0 Å². The average molecular weight is 695 g/mol. The highest BCUT2D eigenvalue weighted by Gasteiger charge is 2.56. The maximum atomic E-state index is 12.4. The molecule has 1 saturated carbocycles. The van der Waals surface area contributed by atoms with E-state index in [2.05, 4.69) is 12.7 Å². The van der Waals surface area contributed by atoms with Gasteiger partial charge in [-0.25, -0.2) is 0 Å². The van der Waals surface area contributed by atoms with Gasteiger partial charge in [-0.1, -0.05) is 44.1 Å².